The average molecular weight is 489 g/mol. The Morgan fingerprint density at radius 3 is 2.50 bits per heavy atom. The summed E-state index contributed by atoms with van der Waals surface area (Å²) in [6.45, 7) is 3.72. The summed E-state index contributed by atoms with van der Waals surface area (Å²) in [6.07, 6.45) is 0. The topological polar surface area (TPSA) is 79.7 Å². The zero-order valence-corrected chi connectivity index (χ0v) is 19.7. The number of hydrogen-bond donors (Lipinski definition) is 1. The molecule has 32 heavy (non-hydrogen) atoms. The number of aliphatic hydroxyl groups is 1. The molecule has 1 fully saturated rings. The first-order valence-corrected chi connectivity index (χ1v) is 11.1. The van der Waals surface area contributed by atoms with E-state index in [1.165, 1.54) is 29.4 Å². The van der Waals surface area contributed by atoms with Crippen molar-refractivity contribution >= 4 is 57.1 Å². The van der Waals surface area contributed by atoms with Crippen molar-refractivity contribution in [3.8, 4) is 5.75 Å². The summed E-state index contributed by atoms with van der Waals surface area (Å²) in [7, 11) is 1.48. The first-order valence-electron chi connectivity index (χ1n) is 9.57. The van der Waals surface area contributed by atoms with Crippen molar-refractivity contribution in [2.75, 3.05) is 12.0 Å². The van der Waals surface area contributed by atoms with Gasteiger partial charge in [0.1, 0.15) is 11.5 Å². The molecule has 1 atom stereocenters. The molecule has 1 aliphatic rings. The van der Waals surface area contributed by atoms with Gasteiger partial charge in [0, 0.05) is 15.5 Å². The number of Topliss-reactive ketones (excluding diaryl/α,β-unsaturated/α-hetero) is 1. The van der Waals surface area contributed by atoms with Gasteiger partial charge in [-0.2, -0.15) is 0 Å². The van der Waals surface area contributed by atoms with E-state index in [2.05, 4.69) is 4.98 Å². The van der Waals surface area contributed by atoms with E-state index in [-0.39, 0.29) is 21.9 Å². The van der Waals surface area contributed by atoms with Crippen LogP contribution in [0.15, 0.2) is 48.0 Å². The molecule has 0 radical (unpaired) electrons. The molecule has 3 aromatic rings. The van der Waals surface area contributed by atoms with E-state index in [4.69, 9.17) is 27.9 Å². The number of anilines is 1. The largest absolute Gasteiger partial charge is 0.507 e. The number of aryl methyl sites for hydroxylation is 2. The van der Waals surface area contributed by atoms with Crippen LogP contribution in [0.25, 0.3) is 5.76 Å². The van der Waals surface area contributed by atoms with E-state index < -0.39 is 17.7 Å². The number of ether oxygens (including phenoxy) is 1. The van der Waals surface area contributed by atoms with Crippen LogP contribution in [0, 0.1) is 13.8 Å². The third-order valence-electron chi connectivity index (χ3n) is 5.26. The van der Waals surface area contributed by atoms with E-state index >= 15 is 0 Å². The van der Waals surface area contributed by atoms with Crippen LogP contribution in [0.5, 0.6) is 5.75 Å². The molecule has 1 saturated heterocycles. The van der Waals surface area contributed by atoms with Gasteiger partial charge < -0.3 is 9.84 Å². The number of amides is 1. The van der Waals surface area contributed by atoms with Crippen molar-refractivity contribution in [3.63, 3.8) is 0 Å². The molecule has 0 bridgehead atoms. The number of nitrogens with zero attached hydrogens (tertiary/aromatic N) is 2. The van der Waals surface area contributed by atoms with E-state index in [0.29, 0.717) is 21.5 Å². The number of carbonyl (C=O) groups excluding carboxylic acids is 2. The molecule has 2 heterocycles. The van der Waals surface area contributed by atoms with Gasteiger partial charge in [0.05, 0.1) is 29.4 Å². The first kappa shape index (κ1) is 22.3. The Labute approximate surface area is 198 Å². The summed E-state index contributed by atoms with van der Waals surface area (Å²) in [5.41, 5.74) is 1.55. The van der Waals surface area contributed by atoms with E-state index in [1.54, 1.807) is 36.4 Å². The lowest BCUT2D eigenvalue weighted by molar-refractivity contribution is -0.132. The minimum absolute atomic E-state index is 0.0657. The highest BCUT2D eigenvalue weighted by molar-refractivity contribution is 7.16. The van der Waals surface area contributed by atoms with Gasteiger partial charge in [-0.3, -0.25) is 14.5 Å². The second-order valence-electron chi connectivity index (χ2n) is 7.21. The first-order chi connectivity index (χ1) is 15.2. The third-order valence-corrected chi connectivity index (χ3v) is 6.86. The maximum absolute atomic E-state index is 13.1. The number of aliphatic hydroxyl groups excluding tert-OH is 1. The molecule has 1 aromatic heterocycles. The highest BCUT2D eigenvalue weighted by atomic mass is 35.5. The molecule has 4 rings (SSSR count). The molecule has 2 aromatic carbocycles. The molecule has 6 nitrogen and oxygen atoms in total. The van der Waals surface area contributed by atoms with Crippen molar-refractivity contribution in [2.45, 2.75) is 19.9 Å². The zero-order chi connectivity index (χ0) is 23.2. The Morgan fingerprint density at radius 2 is 1.91 bits per heavy atom. The Balaban J connectivity index is 1.95. The summed E-state index contributed by atoms with van der Waals surface area (Å²) in [6, 6.07) is 10.5. The monoisotopic (exact) mass is 488 g/mol. The van der Waals surface area contributed by atoms with E-state index in [0.717, 1.165) is 10.6 Å². The number of carbonyl (C=O) groups is 2. The maximum Gasteiger partial charge on any atom is 0.301 e. The molecular weight excluding hydrogens is 471 g/mol. The smallest absolute Gasteiger partial charge is 0.301 e. The van der Waals surface area contributed by atoms with Crippen molar-refractivity contribution in [1.82, 2.24) is 4.98 Å². The minimum atomic E-state index is -0.903. The molecule has 9 heteroatoms. The van der Waals surface area contributed by atoms with Crippen LogP contribution in [0.3, 0.4) is 0 Å². The number of benzene rings is 2. The van der Waals surface area contributed by atoms with Gasteiger partial charge in [0.25, 0.3) is 5.78 Å². The summed E-state index contributed by atoms with van der Waals surface area (Å²) in [5.74, 6) is -1.51. The van der Waals surface area contributed by atoms with Crippen LogP contribution in [-0.2, 0) is 9.59 Å². The minimum Gasteiger partial charge on any atom is -0.507 e. The van der Waals surface area contributed by atoms with Crippen molar-refractivity contribution in [1.29, 1.82) is 0 Å². The van der Waals surface area contributed by atoms with Crippen LogP contribution in [0.1, 0.15) is 27.7 Å². The number of aromatic nitrogens is 1. The lowest BCUT2D eigenvalue weighted by Crippen LogP contribution is -2.29. The second-order valence-corrected chi connectivity index (χ2v) is 9.24. The molecular formula is C23H18Cl2N2O4S. The fourth-order valence-corrected chi connectivity index (χ4v) is 4.94. The van der Waals surface area contributed by atoms with Crippen LogP contribution < -0.4 is 9.64 Å². The summed E-state index contributed by atoms with van der Waals surface area (Å²) in [5, 5.41) is 12.2. The molecule has 1 N–H and O–H groups in total. The number of ketones is 1. The van der Waals surface area contributed by atoms with Gasteiger partial charge in [0.2, 0.25) is 0 Å². The summed E-state index contributed by atoms with van der Waals surface area (Å²) in [4.78, 5) is 33.0. The highest BCUT2D eigenvalue weighted by Gasteiger charge is 2.48. The predicted molar refractivity (Wildman–Crippen MR) is 126 cm³/mol. The van der Waals surface area contributed by atoms with E-state index in [9.17, 15) is 14.7 Å². The fourth-order valence-electron chi connectivity index (χ4n) is 3.55. The SMILES string of the molecule is COc1ccc(/C(O)=C2\C(=O)C(=O)N(c3nc(C)c(C)s3)[C@@H]2c2cccc(Cl)c2)cc1Cl. The molecule has 0 aliphatic carbocycles. The molecule has 1 amide bonds. The number of halogens is 2. The quantitative estimate of drug-likeness (QED) is 0.289. The van der Waals surface area contributed by atoms with Gasteiger partial charge in [-0.15, -0.1) is 11.3 Å². The van der Waals surface area contributed by atoms with Gasteiger partial charge in [-0.25, -0.2) is 4.98 Å². The van der Waals surface area contributed by atoms with Crippen LogP contribution in [0.2, 0.25) is 10.0 Å². The van der Waals surface area contributed by atoms with Gasteiger partial charge in [0.15, 0.2) is 5.13 Å². The van der Waals surface area contributed by atoms with Crippen molar-refractivity contribution in [3.05, 3.63) is 79.8 Å². The predicted octanol–water partition coefficient (Wildman–Crippen LogP) is 5.70. The van der Waals surface area contributed by atoms with E-state index in [1.807, 2.05) is 13.8 Å². The standard InChI is InChI=1S/C23H18Cl2N2O4S/c1-11-12(2)32-23(26-11)27-19(13-5-4-6-15(24)9-13)18(21(29)22(27)30)20(28)14-7-8-17(31-3)16(25)10-14/h4-10,19,28H,1-3H3/b20-18+/t19-/m1/s1. The Morgan fingerprint density at radius 1 is 1.16 bits per heavy atom. The Hall–Kier alpha value is -2.87. The van der Waals surface area contributed by atoms with Gasteiger partial charge in [-0.05, 0) is 49.7 Å². The van der Waals surface area contributed by atoms with Gasteiger partial charge >= 0.3 is 5.91 Å². The Bertz CT molecular complexity index is 1270. The summed E-state index contributed by atoms with van der Waals surface area (Å²) >= 11 is 13.7. The second kappa shape index (κ2) is 8.58. The molecule has 0 spiro atoms. The highest BCUT2D eigenvalue weighted by Crippen LogP contribution is 2.44. The molecule has 0 saturated carbocycles. The maximum atomic E-state index is 13.1. The normalized spacial score (nSPS) is 17.8. The average Bonchev–Trinajstić information content (AvgIpc) is 3.23. The Kier molecular flexibility index (Phi) is 5.99. The number of hydrogen-bond acceptors (Lipinski definition) is 6. The number of rotatable bonds is 4. The van der Waals surface area contributed by atoms with Crippen molar-refractivity contribution in [2.24, 2.45) is 0 Å². The summed E-state index contributed by atoms with van der Waals surface area (Å²) < 4.78 is 5.15. The molecule has 0 unspecified atom stereocenters. The zero-order valence-electron chi connectivity index (χ0n) is 17.3. The fraction of sp³-hybridized carbons (Fsp3) is 0.174. The van der Waals surface area contributed by atoms with Gasteiger partial charge in [-0.1, -0.05) is 35.3 Å². The lowest BCUT2D eigenvalue weighted by Gasteiger charge is -2.23. The van der Waals surface area contributed by atoms with Crippen LogP contribution in [0.4, 0.5) is 5.13 Å². The molecule has 1 aliphatic heterocycles. The number of thiazole rings is 1. The van der Waals surface area contributed by atoms with Crippen LogP contribution in [-0.4, -0.2) is 28.9 Å². The number of methoxy groups -OCH3 is 1. The third kappa shape index (κ3) is 3.77. The van der Waals surface area contributed by atoms with Crippen LogP contribution >= 0.6 is 34.5 Å². The molecule has 164 valence electrons. The lowest BCUT2D eigenvalue weighted by atomic mass is 9.95. The van der Waals surface area contributed by atoms with Crippen molar-refractivity contribution < 1.29 is 19.4 Å².